The van der Waals surface area contributed by atoms with Gasteiger partial charge in [0, 0.05) is 24.0 Å². The summed E-state index contributed by atoms with van der Waals surface area (Å²) >= 11 is 1.84. The molecule has 3 heteroatoms. The quantitative estimate of drug-likeness (QED) is 0.593. The van der Waals surface area contributed by atoms with Crippen LogP contribution in [0.1, 0.15) is 37.9 Å². The first kappa shape index (κ1) is 14.5. The summed E-state index contributed by atoms with van der Waals surface area (Å²) in [4.78, 5) is 4.52. The Morgan fingerprint density at radius 2 is 2.12 bits per heavy atom. The Morgan fingerprint density at radius 3 is 2.76 bits per heavy atom. The molecule has 1 unspecified atom stereocenters. The van der Waals surface area contributed by atoms with Crippen LogP contribution >= 0.6 is 11.8 Å². The third kappa shape index (κ3) is 6.08. The SMILES string of the molecule is CCCC(C)NCCSc1cc(C)cc(C)n1. The number of hydrogen-bond donors (Lipinski definition) is 1. The van der Waals surface area contributed by atoms with Crippen LogP contribution in [0, 0.1) is 13.8 Å². The lowest BCUT2D eigenvalue weighted by molar-refractivity contribution is 0.526. The van der Waals surface area contributed by atoms with Crippen molar-refractivity contribution >= 4 is 11.8 Å². The first-order chi connectivity index (χ1) is 8.11. The molecule has 0 saturated heterocycles. The molecule has 0 radical (unpaired) electrons. The Labute approximate surface area is 110 Å². The van der Waals surface area contributed by atoms with Gasteiger partial charge >= 0.3 is 0 Å². The number of nitrogens with one attached hydrogen (secondary N) is 1. The minimum Gasteiger partial charge on any atom is -0.313 e. The lowest BCUT2D eigenvalue weighted by Gasteiger charge is -2.12. The van der Waals surface area contributed by atoms with E-state index in [4.69, 9.17) is 0 Å². The number of pyridine rings is 1. The van der Waals surface area contributed by atoms with Gasteiger partial charge in [0.05, 0.1) is 5.03 Å². The molecule has 1 atom stereocenters. The van der Waals surface area contributed by atoms with Crippen LogP contribution in [0.3, 0.4) is 0 Å². The standard InChI is InChI=1S/C14H24N2S/c1-5-6-12(3)15-7-8-17-14-10-11(2)9-13(4)16-14/h9-10,12,15H,5-8H2,1-4H3. The highest BCUT2D eigenvalue weighted by molar-refractivity contribution is 7.99. The van der Waals surface area contributed by atoms with Crippen molar-refractivity contribution in [2.45, 2.75) is 51.6 Å². The van der Waals surface area contributed by atoms with Gasteiger partial charge in [-0.05, 0) is 44.9 Å². The van der Waals surface area contributed by atoms with Crippen molar-refractivity contribution in [1.29, 1.82) is 0 Å². The topological polar surface area (TPSA) is 24.9 Å². The van der Waals surface area contributed by atoms with Crippen molar-refractivity contribution < 1.29 is 0 Å². The van der Waals surface area contributed by atoms with E-state index in [1.807, 2.05) is 11.8 Å². The van der Waals surface area contributed by atoms with E-state index in [1.165, 1.54) is 18.4 Å². The number of nitrogens with zero attached hydrogens (tertiary/aromatic N) is 1. The monoisotopic (exact) mass is 252 g/mol. The highest BCUT2D eigenvalue weighted by Crippen LogP contribution is 2.16. The molecule has 1 heterocycles. The van der Waals surface area contributed by atoms with Gasteiger partial charge < -0.3 is 5.32 Å². The summed E-state index contributed by atoms with van der Waals surface area (Å²) in [6.07, 6.45) is 2.51. The average molecular weight is 252 g/mol. The summed E-state index contributed by atoms with van der Waals surface area (Å²) in [6.45, 7) is 9.72. The normalized spacial score (nSPS) is 12.7. The maximum absolute atomic E-state index is 4.52. The molecule has 0 amide bonds. The molecule has 1 aromatic rings. The van der Waals surface area contributed by atoms with Crippen molar-refractivity contribution in [2.24, 2.45) is 0 Å². The molecule has 0 bridgehead atoms. The zero-order valence-electron chi connectivity index (χ0n) is 11.4. The molecule has 17 heavy (non-hydrogen) atoms. The average Bonchev–Trinajstić information content (AvgIpc) is 2.23. The summed E-state index contributed by atoms with van der Waals surface area (Å²) in [7, 11) is 0. The van der Waals surface area contributed by atoms with E-state index in [0.717, 1.165) is 23.0 Å². The smallest absolute Gasteiger partial charge is 0.0966 e. The summed E-state index contributed by atoms with van der Waals surface area (Å²) in [6, 6.07) is 4.91. The van der Waals surface area contributed by atoms with E-state index in [1.54, 1.807) is 0 Å². The summed E-state index contributed by atoms with van der Waals surface area (Å²) in [5, 5.41) is 4.68. The van der Waals surface area contributed by atoms with Gasteiger partial charge in [0.2, 0.25) is 0 Å². The van der Waals surface area contributed by atoms with Crippen LogP contribution in [0.15, 0.2) is 17.2 Å². The molecule has 96 valence electrons. The van der Waals surface area contributed by atoms with Gasteiger partial charge in [-0.15, -0.1) is 11.8 Å². The fourth-order valence-corrected chi connectivity index (χ4v) is 2.78. The molecular formula is C14H24N2S. The van der Waals surface area contributed by atoms with Crippen molar-refractivity contribution in [3.05, 3.63) is 23.4 Å². The zero-order valence-corrected chi connectivity index (χ0v) is 12.2. The lowest BCUT2D eigenvalue weighted by Crippen LogP contribution is -2.27. The van der Waals surface area contributed by atoms with Gasteiger partial charge in [0.1, 0.15) is 0 Å². The maximum Gasteiger partial charge on any atom is 0.0966 e. The van der Waals surface area contributed by atoms with E-state index in [-0.39, 0.29) is 0 Å². The van der Waals surface area contributed by atoms with Crippen LogP contribution in [-0.4, -0.2) is 23.3 Å². The minimum absolute atomic E-state index is 0.632. The van der Waals surface area contributed by atoms with Gasteiger partial charge in [0.25, 0.3) is 0 Å². The summed E-state index contributed by atoms with van der Waals surface area (Å²) < 4.78 is 0. The molecule has 2 nitrogen and oxygen atoms in total. The van der Waals surface area contributed by atoms with E-state index in [0.29, 0.717) is 6.04 Å². The van der Waals surface area contributed by atoms with E-state index in [2.05, 4.69) is 50.1 Å². The van der Waals surface area contributed by atoms with Crippen molar-refractivity contribution in [2.75, 3.05) is 12.3 Å². The van der Waals surface area contributed by atoms with Crippen molar-refractivity contribution in [1.82, 2.24) is 10.3 Å². The number of aryl methyl sites for hydroxylation is 2. The molecule has 0 aliphatic heterocycles. The third-order valence-corrected chi connectivity index (χ3v) is 3.55. The number of rotatable bonds is 7. The van der Waals surface area contributed by atoms with Crippen LogP contribution in [0.25, 0.3) is 0 Å². The molecule has 0 fully saturated rings. The second-order valence-corrected chi connectivity index (χ2v) is 5.73. The second kappa shape index (κ2) is 7.72. The molecule has 1 aromatic heterocycles. The van der Waals surface area contributed by atoms with Gasteiger partial charge in [0.15, 0.2) is 0 Å². The Kier molecular flexibility index (Phi) is 6.60. The highest BCUT2D eigenvalue weighted by Gasteiger charge is 2.01. The van der Waals surface area contributed by atoms with Gasteiger partial charge in [-0.2, -0.15) is 0 Å². The fraction of sp³-hybridized carbons (Fsp3) is 0.643. The molecular weight excluding hydrogens is 228 g/mol. The fourth-order valence-electron chi connectivity index (χ4n) is 1.87. The van der Waals surface area contributed by atoms with Crippen LogP contribution < -0.4 is 5.32 Å². The Balaban J connectivity index is 2.26. The van der Waals surface area contributed by atoms with Crippen LogP contribution in [0.4, 0.5) is 0 Å². The predicted molar refractivity (Wildman–Crippen MR) is 76.8 cm³/mol. The maximum atomic E-state index is 4.52. The van der Waals surface area contributed by atoms with Gasteiger partial charge in [-0.25, -0.2) is 4.98 Å². The van der Waals surface area contributed by atoms with Crippen molar-refractivity contribution in [3.63, 3.8) is 0 Å². The Morgan fingerprint density at radius 1 is 1.35 bits per heavy atom. The van der Waals surface area contributed by atoms with E-state index >= 15 is 0 Å². The van der Waals surface area contributed by atoms with Crippen molar-refractivity contribution in [3.8, 4) is 0 Å². The molecule has 0 aromatic carbocycles. The zero-order chi connectivity index (χ0) is 12.7. The van der Waals surface area contributed by atoms with Gasteiger partial charge in [-0.3, -0.25) is 0 Å². The van der Waals surface area contributed by atoms with E-state index in [9.17, 15) is 0 Å². The van der Waals surface area contributed by atoms with Gasteiger partial charge in [-0.1, -0.05) is 13.3 Å². The van der Waals surface area contributed by atoms with Crippen LogP contribution in [0.5, 0.6) is 0 Å². The molecule has 0 spiro atoms. The van der Waals surface area contributed by atoms with Crippen LogP contribution in [0.2, 0.25) is 0 Å². The molecule has 1 rings (SSSR count). The molecule has 0 aliphatic carbocycles. The lowest BCUT2D eigenvalue weighted by atomic mass is 10.2. The summed E-state index contributed by atoms with van der Waals surface area (Å²) in [5.41, 5.74) is 2.41. The molecule has 1 N–H and O–H groups in total. The Hall–Kier alpha value is -0.540. The first-order valence-electron chi connectivity index (χ1n) is 6.43. The third-order valence-electron chi connectivity index (χ3n) is 2.64. The molecule has 0 aliphatic rings. The first-order valence-corrected chi connectivity index (χ1v) is 7.42. The summed E-state index contributed by atoms with van der Waals surface area (Å²) in [5.74, 6) is 1.09. The Bertz CT molecular complexity index is 319. The number of aromatic nitrogens is 1. The largest absolute Gasteiger partial charge is 0.313 e. The highest BCUT2D eigenvalue weighted by atomic mass is 32.2. The second-order valence-electron chi connectivity index (χ2n) is 4.62. The minimum atomic E-state index is 0.632. The molecule has 0 saturated carbocycles. The van der Waals surface area contributed by atoms with E-state index < -0.39 is 0 Å². The predicted octanol–water partition coefficient (Wildman–Crippen LogP) is 3.57. The number of hydrogen-bond acceptors (Lipinski definition) is 3. The number of thioether (sulfide) groups is 1. The van der Waals surface area contributed by atoms with Crippen LogP contribution in [-0.2, 0) is 0 Å².